The van der Waals surface area contributed by atoms with Gasteiger partial charge >= 0.3 is 0 Å². The quantitative estimate of drug-likeness (QED) is 0.808. The molecule has 1 aromatic carbocycles. The second-order valence-electron chi connectivity index (χ2n) is 6.65. The van der Waals surface area contributed by atoms with Crippen molar-refractivity contribution in [2.75, 3.05) is 20.8 Å². The van der Waals surface area contributed by atoms with Crippen molar-refractivity contribution in [3.63, 3.8) is 0 Å². The van der Waals surface area contributed by atoms with Crippen LogP contribution in [0.1, 0.15) is 47.7 Å². The van der Waals surface area contributed by atoms with Crippen LogP contribution in [0.15, 0.2) is 35.4 Å². The lowest BCUT2D eigenvalue weighted by Crippen LogP contribution is -2.31. The predicted octanol–water partition coefficient (Wildman–Crippen LogP) is 2.35. The molecule has 2 aromatic rings. The Morgan fingerprint density at radius 2 is 2.00 bits per heavy atom. The topological polar surface area (TPSA) is 82.4 Å². The maximum absolute atomic E-state index is 12.4. The number of benzene rings is 1. The molecule has 1 aromatic heterocycles. The zero-order chi connectivity index (χ0) is 19.2. The Labute approximate surface area is 158 Å². The van der Waals surface area contributed by atoms with Crippen molar-refractivity contribution < 1.29 is 14.3 Å². The Kier molecular flexibility index (Phi) is 6.11. The zero-order valence-electron chi connectivity index (χ0n) is 15.7. The summed E-state index contributed by atoms with van der Waals surface area (Å²) < 4.78 is 11.9. The Morgan fingerprint density at radius 1 is 1.22 bits per heavy atom. The molecule has 1 aliphatic rings. The van der Waals surface area contributed by atoms with E-state index in [2.05, 4.69) is 10.3 Å². The van der Waals surface area contributed by atoms with Gasteiger partial charge in [0, 0.05) is 25.1 Å². The van der Waals surface area contributed by atoms with Crippen LogP contribution in [0.25, 0.3) is 0 Å². The Balaban J connectivity index is 1.61. The highest BCUT2D eigenvalue weighted by Crippen LogP contribution is 2.32. The van der Waals surface area contributed by atoms with Crippen LogP contribution in [0.3, 0.4) is 0 Å². The summed E-state index contributed by atoms with van der Waals surface area (Å²) in [4.78, 5) is 29.2. The molecule has 27 heavy (non-hydrogen) atoms. The van der Waals surface area contributed by atoms with Crippen LogP contribution in [-0.2, 0) is 6.54 Å². The van der Waals surface area contributed by atoms with Crippen molar-refractivity contribution in [2.45, 2.75) is 38.1 Å². The van der Waals surface area contributed by atoms with Crippen LogP contribution < -0.4 is 20.3 Å². The molecular weight excluding hydrogens is 346 g/mol. The minimum atomic E-state index is -0.283. The van der Waals surface area contributed by atoms with Gasteiger partial charge in [0.25, 0.3) is 11.5 Å². The molecule has 144 valence electrons. The van der Waals surface area contributed by atoms with Crippen molar-refractivity contribution in [3.05, 3.63) is 52.2 Å². The van der Waals surface area contributed by atoms with E-state index in [1.807, 2.05) is 0 Å². The van der Waals surface area contributed by atoms with Gasteiger partial charge in [0.1, 0.15) is 11.5 Å². The molecule has 1 N–H and O–H groups in total. The third-order valence-corrected chi connectivity index (χ3v) is 4.96. The van der Waals surface area contributed by atoms with E-state index in [1.165, 1.54) is 31.6 Å². The summed E-state index contributed by atoms with van der Waals surface area (Å²) in [7, 11) is 3.05. The van der Waals surface area contributed by atoms with Crippen molar-refractivity contribution in [1.82, 2.24) is 14.9 Å². The van der Waals surface area contributed by atoms with E-state index in [9.17, 15) is 9.59 Å². The number of ether oxygens (including phenoxy) is 2. The lowest BCUT2D eigenvalue weighted by Gasteiger charge is -2.12. The molecule has 0 radical (unpaired) electrons. The van der Waals surface area contributed by atoms with Crippen LogP contribution in [0.5, 0.6) is 11.5 Å². The second kappa shape index (κ2) is 8.70. The summed E-state index contributed by atoms with van der Waals surface area (Å²) in [6.45, 7) is 0.665. The normalized spacial score (nSPS) is 14.1. The van der Waals surface area contributed by atoms with Crippen LogP contribution in [0.2, 0.25) is 0 Å². The second-order valence-corrected chi connectivity index (χ2v) is 6.65. The Hall–Kier alpha value is -2.83. The molecule has 1 aliphatic carbocycles. The number of amides is 1. The molecule has 0 atom stereocenters. The molecule has 0 saturated heterocycles. The fourth-order valence-corrected chi connectivity index (χ4v) is 3.43. The van der Waals surface area contributed by atoms with Crippen LogP contribution in [-0.4, -0.2) is 36.2 Å². The van der Waals surface area contributed by atoms with Gasteiger partial charge in [-0.05, 0) is 31.0 Å². The molecule has 1 heterocycles. The number of rotatable bonds is 7. The predicted molar refractivity (Wildman–Crippen MR) is 102 cm³/mol. The number of carbonyl (C=O) groups is 1. The molecular formula is C20H25N3O4. The molecule has 0 spiro atoms. The number of nitrogens with one attached hydrogen (secondary N) is 1. The molecule has 0 aliphatic heterocycles. The third-order valence-electron chi connectivity index (χ3n) is 4.96. The monoisotopic (exact) mass is 371 g/mol. The first kappa shape index (κ1) is 18.9. The summed E-state index contributed by atoms with van der Waals surface area (Å²) in [6.07, 6.45) is 6.20. The molecule has 0 bridgehead atoms. The minimum Gasteiger partial charge on any atom is -0.497 e. The van der Waals surface area contributed by atoms with Gasteiger partial charge in [-0.1, -0.05) is 12.8 Å². The first-order chi connectivity index (χ1) is 13.1. The number of nitrogens with zero attached hydrogens (tertiary/aromatic N) is 2. The number of hydrogen-bond acceptors (Lipinski definition) is 5. The Morgan fingerprint density at radius 3 is 2.67 bits per heavy atom. The maximum atomic E-state index is 12.4. The molecule has 3 rings (SSSR count). The van der Waals surface area contributed by atoms with Gasteiger partial charge in [0.05, 0.1) is 31.8 Å². The smallest absolute Gasteiger partial charge is 0.255 e. The van der Waals surface area contributed by atoms with Crippen LogP contribution in [0.4, 0.5) is 0 Å². The maximum Gasteiger partial charge on any atom is 0.255 e. The largest absolute Gasteiger partial charge is 0.497 e. The van der Waals surface area contributed by atoms with E-state index in [1.54, 1.807) is 30.6 Å². The average Bonchev–Trinajstić information content (AvgIpc) is 3.23. The van der Waals surface area contributed by atoms with Crippen molar-refractivity contribution >= 4 is 5.91 Å². The molecule has 7 heteroatoms. The van der Waals surface area contributed by atoms with Crippen LogP contribution >= 0.6 is 0 Å². The summed E-state index contributed by atoms with van der Waals surface area (Å²) >= 11 is 0. The summed E-state index contributed by atoms with van der Waals surface area (Å²) in [5.41, 5.74) is 1.19. The van der Waals surface area contributed by atoms with Crippen LogP contribution in [0, 0.1) is 0 Å². The third kappa shape index (κ3) is 4.48. The highest BCUT2D eigenvalue weighted by Gasteiger charge is 2.19. The van der Waals surface area contributed by atoms with Gasteiger partial charge in [-0.15, -0.1) is 0 Å². The van der Waals surface area contributed by atoms with E-state index in [4.69, 9.17) is 9.47 Å². The SMILES string of the molecule is COc1ccc(OC)c(C(=O)NCCn2cnc(C3CCCC3)cc2=O)c1. The molecule has 1 fully saturated rings. The highest BCUT2D eigenvalue weighted by molar-refractivity contribution is 5.97. The molecule has 1 saturated carbocycles. The summed E-state index contributed by atoms with van der Waals surface area (Å²) in [5.74, 6) is 1.17. The van der Waals surface area contributed by atoms with E-state index in [0.29, 0.717) is 36.1 Å². The fraction of sp³-hybridized carbons (Fsp3) is 0.450. The lowest BCUT2D eigenvalue weighted by molar-refractivity contribution is 0.0948. The van der Waals surface area contributed by atoms with Gasteiger partial charge in [0.2, 0.25) is 0 Å². The Bertz CT molecular complexity index is 857. The zero-order valence-corrected chi connectivity index (χ0v) is 15.7. The van der Waals surface area contributed by atoms with Gasteiger partial charge in [0.15, 0.2) is 0 Å². The summed E-state index contributed by atoms with van der Waals surface area (Å²) in [5, 5.41) is 2.81. The fourth-order valence-electron chi connectivity index (χ4n) is 3.43. The van der Waals surface area contributed by atoms with E-state index >= 15 is 0 Å². The van der Waals surface area contributed by atoms with Gasteiger partial charge in [-0.25, -0.2) is 4.98 Å². The molecule has 7 nitrogen and oxygen atoms in total. The minimum absolute atomic E-state index is 0.0832. The lowest BCUT2D eigenvalue weighted by atomic mass is 10.0. The van der Waals surface area contributed by atoms with Gasteiger partial charge in [-0.2, -0.15) is 0 Å². The molecule has 1 amide bonds. The number of hydrogen-bond donors (Lipinski definition) is 1. The van der Waals surface area contributed by atoms with E-state index in [0.717, 1.165) is 18.5 Å². The first-order valence-corrected chi connectivity index (χ1v) is 9.19. The molecule has 0 unspecified atom stereocenters. The first-order valence-electron chi connectivity index (χ1n) is 9.19. The van der Waals surface area contributed by atoms with Crippen molar-refractivity contribution in [3.8, 4) is 11.5 Å². The van der Waals surface area contributed by atoms with E-state index in [-0.39, 0.29) is 11.5 Å². The van der Waals surface area contributed by atoms with Crippen molar-refractivity contribution in [1.29, 1.82) is 0 Å². The standard InChI is InChI=1S/C20H25N3O4/c1-26-15-7-8-18(27-2)16(11-15)20(25)21-9-10-23-13-22-17(12-19(23)24)14-5-3-4-6-14/h7-8,11-14H,3-6,9-10H2,1-2H3,(H,21,25). The summed E-state index contributed by atoms with van der Waals surface area (Å²) in [6, 6.07) is 6.66. The van der Waals surface area contributed by atoms with Gasteiger partial charge in [-0.3, -0.25) is 14.2 Å². The van der Waals surface area contributed by atoms with E-state index < -0.39 is 0 Å². The van der Waals surface area contributed by atoms with Crippen molar-refractivity contribution in [2.24, 2.45) is 0 Å². The van der Waals surface area contributed by atoms with Gasteiger partial charge < -0.3 is 14.8 Å². The number of methoxy groups -OCH3 is 2. The number of carbonyl (C=O) groups excluding carboxylic acids is 1. The number of aromatic nitrogens is 2. The average molecular weight is 371 g/mol. The highest BCUT2D eigenvalue weighted by atomic mass is 16.5.